The van der Waals surface area contributed by atoms with E-state index in [1.54, 1.807) is 0 Å². The Bertz CT molecular complexity index is 277. The molecule has 100 valence electrons. The first-order chi connectivity index (χ1) is 7.97. The van der Waals surface area contributed by atoms with Crippen LogP contribution in [-0.4, -0.2) is 37.9 Å². The molecule has 0 heterocycles. The zero-order chi connectivity index (χ0) is 13.3. The van der Waals surface area contributed by atoms with Crippen molar-refractivity contribution in [3.63, 3.8) is 0 Å². The van der Waals surface area contributed by atoms with Gasteiger partial charge in [0.05, 0.1) is 5.92 Å². The third-order valence-electron chi connectivity index (χ3n) is 2.48. The Morgan fingerprint density at radius 3 is 2.29 bits per heavy atom. The Morgan fingerprint density at radius 2 is 1.82 bits per heavy atom. The van der Waals surface area contributed by atoms with E-state index >= 15 is 0 Å². The van der Waals surface area contributed by atoms with Crippen LogP contribution in [0.25, 0.3) is 0 Å². The Labute approximate surface area is 104 Å². The van der Waals surface area contributed by atoms with Crippen molar-refractivity contribution in [2.45, 2.75) is 39.0 Å². The first kappa shape index (κ1) is 16.1. The standard InChI is InChI=1S/C11H20O5S/c1-2-3-7-17(16)8-6-9(11(14)15)4-5-10(12)13/h9H,2-8H2,1H3,(H,12,13)(H,14,15). The average Bonchev–Trinajstić information content (AvgIpc) is 2.25. The molecule has 0 aliphatic carbocycles. The van der Waals surface area contributed by atoms with Gasteiger partial charge < -0.3 is 10.2 Å². The number of hydrogen-bond donors (Lipinski definition) is 2. The topological polar surface area (TPSA) is 91.7 Å². The van der Waals surface area contributed by atoms with Gasteiger partial charge in [-0.05, 0) is 19.3 Å². The van der Waals surface area contributed by atoms with E-state index in [1.165, 1.54) is 0 Å². The summed E-state index contributed by atoms with van der Waals surface area (Å²) in [5, 5.41) is 17.4. The van der Waals surface area contributed by atoms with E-state index in [9.17, 15) is 13.8 Å². The van der Waals surface area contributed by atoms with Crippen LogP contribution in [0.5, 0.6) is 0 Å². The second-order valence-corrected chi connectivity index (χ2v) is 5.65. The fourth-order valence-electron chi connectivity index (χ4n) is 1.37. The Kier molecular flexibility index (Phi) is 8.66. The van der Waals surface area contributed by atoms with Crippen molar-refractivity contribution >= 4 is 22.7 Å². The molecule has 0 aromatic rings. The summed E-state index contributed by atoms with van der Waals surface area (Å²) < 4.78 is 11.5. The molecule has 0 rings (SSSR count). The quantitative estimate of drug-likeness (QED) is 0.623. The third-order valence-corrected chi connectivity index (χ3v) is 3.91. The van der Waals surface area contributed by atoms with Crippen LogP contribution < -0.4 is 0 Å². The molecule has 17 heavy (non-hydrogen) atoms. The van der Waals surface area contributed by atoms with Crippen molar-refractivity contribution in [3.05, 3.63) is 0 Å². The molecule has 0 spiro atoms. The van der Waals surface area contributed by atoms with Crippen LogP contribution in [0.15, 0.2) is 0 Å². The fraction of sp³-hybridized carbons (Fsp3) is 0.818. The summed E-state index contributed by atoms with van der Waals surface area (Å²) in [5.41, 5.74) is 0. The third kappa shape index (κ3) is 8.85. The maximum Gasteiger partial charge on any atom is 0.306 e. The van der Waals surface area contributed by atoms with E-state index in [4.69, 9.17) is 10.2 Å². The lowest BCUT2D eigenvalue weighted by Crippen LogP contribution is -2.18. The summed E-state index contributed by atoms with van der Waals surface area (Å²) in [6.45, 7) is 2.00. The van der Waals surface area contributed by atoms with E-state index in [0.717, 1.165) is 12.8 Å². The summed E-state index contributed by atoms with van der Waals surface area (Å²) in [5.74, 6) is -1.75. The molecule has 0 radical (unpaired) electrons. The molecule has 0 saturated carbocycles. The average molecular weight is 264 g/mol. The molecule has 0 amide bonds. The van der Waals surface area contributed by atoms with E-state index in [1.807, 2.05) is 6.92 Å². The fourth-order valence-corrected chi connectivity index (χ4v) is 2.73. The molecule has 2 unspecified atom stereocenters. The number of unbranched alkanes of at least 4 members (excludes halogenated alkanes) is 1. The highest BCUT2D eigenvalue weighted by atomic mass is 32.2. The molecule has 2 N–H and O–H groups in total. The predicted molar refractivity (Wildman–Crippen MR) is 65.4 cm³/mol. The second kappa shape index (κ2) is 9.15. The van der Waals surface area contributed by atoms with Gasteiger partial charge in [0.2, 0.25) is 0 Å². The van der Waals surface area contributed by atoms with Gasteiger partial charge in [-0.2, -0.15) is 0 Å². The van der Waals surface area contributed by atoms with Crippen molar-refractivity contribution < 1.29 is 24.0 Å². The molecule has 0 aliphatic rings. The molecule has 2 atom stereocenters. The van der Waals surface area contributed by atoms with Crippen molar-refractivity contribution in [2.75, 3.05) is 11.5 Å². The van der Waals surface area contributed by atoms with E-state index in [-0.39, 0.29) is 12.8 Å². The number of carboxylic acids is 2. The van der Waals surface area contributed by atoms with Gasteiger partial charge in [0.25, 0.3) is 0 Å². The van der Waals surface area contributed by atoms with Gasteiger partial charge in [0, 0.05) is 28.7 Å². The predicted octanol–water partition coefficient (Wildman–Crippen LogP) is 1.49. The summed E-state index contributed by atoms with van der Waals surface area (Å²) >= 11 is 0. The number of carboxylic acid groups (broad SMARTS) is 2. The van der Waals surface area contributed by atoms with Gasteiger partial charge in [0.1, 0.15) is 0 Å². The monoisotopic (exact) mass is 264 g/mol. The molecule has 5 nitrogen and oxygen atoms in total. The van der Waals surface area contributed by atoms with E-state index in [2.05, 4.69) is 0 Å². The minimum atomic E-state index is -1.00. The first-order valence-corrected chi connectivity index (χ1v) is 7.25. The van der Waals surface area contributed by atoms with Gasteiger partial charge >= 0.3 is 11.9 Å². The molecular formula is C11H20O5S. The van der Waals surface area contributed by atoms with Crippen LogP contribution in [0.3, 0.4) is 0 Å². The lowest BCUT2D eigenvalue weighted by molar-refractivity contribution is -0.143. The van der Waals surface area contributed by atoms with Crippen molar-refractivity contribution in [3.8, 4) is 0 Å². The highest BCUT2D eigenvalue weighted by Crippen LogP contribution is 2.13. The molecular weight excluding hydrogens is 244 g/mol. The molecule has 0 aliphatic heterocycles. The van der Waals surface area contributed by atoms with Crippen LogP contribution in [0.4, 0.5) is 0 Å². The van der Waals surface area contributed by atoms with Gasteiger partial charge in [-0.1, -0.05) is 13.3 Å². The highest BCUT2D eigenvalue weighted by molar-refractivity contribution is 7.84. The number of hydrogen-bond acceptors (Lipinski definition) is 3. The van der Waals surface area contributed by atoms with Crippen LogP contribution in [0.1, 0.15) is 39.0 Å². The lowest BCUT2D eigenvalue weighted by atomic mass is 10.0. The molecule has 0 aromatic carbocycles. The van der Waals surface area contributed by atoms with Crippen LogP contribution in [0.2, 0.25) is 0 Å². The number of rotatable bonds is 10. The highest BCUT2D eigenvalue weighted by Gasteiger charge is 2.19. The zero-order valence-electron chi connectivity index (χ0n) is 10.1. The largest absolute Gasteiger partial charge is 0.481 e. The molecule has 0 saturated heterocycles. The minimum absolute atomic E-state index is 0.107. The summed E-state index contributed by atoms with van der Waals surface area (Å²) in [6.07, 6.45) is 2.08. The number of aliphatic carboxylic acids is 2. The van der Waals surface area contributed by atoms with Crippen molar-refractivity contribution in [1.29, 1.82) is 0 Å². The van der Waals surface area contributed by atoms with Crippen LogP contribution in [0, 0.1) is 5.92 Å². The molecule has 0 fully saturated rings. The minimum Gasteiger partial charge on any atom is -0.481 e. The van der Waals surface area contributed by atoms with Gasteiger partial charge in [-0.15, -0.1) is 0 Å². The normalized spacial score (nSPS) is 14.2. The molecule has 6 heteroatoms. The lowest BCUT2D eigenvalue weighted by Gasteiger charge is -2.10. The van der Waals surface area contributed by atoms with Crippen molar-refractivity contribution in [2.24, 2.45) is 5.92 Å². The summed E-state index contributed by atoms with van der Waals surface area (Å²) in [4.78, 5) is 21.2. The van der Waals surface area contributed by atoms with Gasteiger partial charge in [-0.25, -0.2) is 0 Å². The zero-order valence-corrected chi connectivity index (χ0v) is 10.9. The SMILES string of the molecule is CCCCS(=O)CCC(CCC(=O)O)C(=O)O. The van der Waals surface area contributed by atoms with Crippen LogP contribution >= 0.6 is 0 Å². The Morgan fingerprint density at radius 1 is 1.18 bits per heavy atom. The maximum absolute atomic E-state index is 11.5. The molecule has 0 bridgehead atoms. The summed E-state index contributed by atoms with van der Waals surface area (Å²) in [7, 11) is -0.982. The summed E-state index contributed by atoms with van der Waals surface area (Å²) in [6, 6.07) is 0. The van der Waals surface area contributed by atoms with Gasteiger partial charge in [0.15, 0.2) is 0 Å². The first-order valence-electron chi connectivity index (χ1n) is 5.77. The van der Waals surface area contributed by atoms with E-state index < -0.39 is 28.7 Å². The number of carbonyl (C=O) groups is 2. The smallest absolute Gasteiger partial charge is 0.306 e. The second-order valence-electron chi connectivity index (χ2n) is 3.96. The maximum atomic E-state index is 11.5. The van der Waals surface area contributed by atoms with Crippen LogP contribution in [-0.2, 0) is 20.4 Å². The Balaban J connectivity index is 3.96. The van der Waals surface area contributed by atoms with Gasteiger partial charge in [-0.3, -0.25) is 13.8 Å². The van der Waals surface area contributed by atoms with Crippen molar-refractivity contribution in [1.82, 2.24) is 0 Å². The Hall–Kier alpha value is -0.910. The van der Waals surface area contributed by atoms with E-state index in [0.29, 0.717) is 17.9 Å². The molecule has 0 aromatic heterocycles.